The van der Waals surface area contributed by atoms with Crippen LogP contribution in [0.5, 0.6) is 0 Å². The molecular formula is C29H44O3. The van der Waals surface area contributed by atoms with Gasteiger partial charge in [0.15, 0.2) is 0 Å². The van der Waals surface area contributed by atoms with Crippen LogP contribution in [-0.4, -0.2) is 24.8 Å². The molecule has 0 radical (unpaired) electrons. The monoisotopic (exact) mass is 440 g/mol. The van der Waals surface area contributed by atoms with Crippen molar-refractivity contribution in [2.45, 2.75) is 91.6 Å². The zero-order valence-electron chi connectivity index (χ0n) is 21.1. The quantitative estimate of drug-likeness (QED) is 0.405. The van der Waals surface area contributed by atoms with Crippen LogP contribution in [0.2, 0.25) is 0 Å². The fraction of sp³-hybridized carbons (Fsp3) is 0.690. The lowest BCUT2D eigenvalue weighted by molar-refractivity contribution is -0.160. The van der Waals surface area contributed by atoms with Crippen molar-refractivity contribution in [3.8, 4) is 0 Å². The molecule has 3 fully saturated rings. The van der Waals surface area contributed by atoms with Gasteiger partial charge in [-0.2, -0.15) is 0 Å². The number of allylic oxidation sites excluding steroid dienone is 6. The van der Waals surface area contributed by atoms with Gasteiger partial charge in [0.1, 0.15) is 12.2 Å². The first-order valence-corrected chi connectivity index (χ1v) is 12.6. The first-order valence-electron chi connectivity index (χ1n) is 12.6. The maximum absolute atomic E-state index is 12.0. The third-order valence-electron chi connectivity index (χ3n) is 7.98. The molecule has 0 unspecified atom stereocenters. The van der Waals surface area contributed by atoms with E-state index < -0.39 is 5.60 Å². The number of esters is 1. The summed E-state index contributed by atoms with van der Waals surface area (Å²) in [7, 11) is 0. The molecule has 0 amide bonds. The Hall–Kier alpha value is -1.61. The predicted octanol–water partition coefficient (Wildman–Crippen LogP) is 7.35. The smallest absolute Gasteiger partial charge is 0.332 e. The number of hydrogen-bond acceptors (Lipinski definition) is 3. The van der Waals surface area contributed by atoms with E-state index in [9.17, 15) is 4.79 Å². The highest BCUT2D eigenvalue weighted by Crippen LogP contribution is 2.59. The van der Waals surface area contributed by atoms with Gasteiger partial charge >= 0.3 is 5.97 Å². The summed E-state index contributed by atoms with van der Waals surface area (Å²) in [4.78, 5) is 12.0. The molecule has 0 spiro atoms. The van der Waals surface area contributed by atoms with Crippen molar-refractivity contribution in [2.75, 3.05) is 13.2 Å². The molecule has 3 aliphatic carbocycles. The van der Waals surface area contributed by atoms with Gasteiger partial charge in [-0.1, -0.05) is 44.7 Å². The van der Waals surface area contributed by atoms with Crippen LogP contribution in [-0.2, 0) is 14.3 Å². The summed E-state index contributed by atoms with van der Waals surface area (Å²) in [5.74, 6) is 1.45. The lowest BCUT2D eigenvalue weighted by Crippen LogP contribution is -2.37. The highest BCUT2D eigenvalue weighted by atomic mass is 16.6. The Balaban J connectivity index is 1.62. The molecule has 0 aliphatic heterocycles. The van der Waals surface area contributed by atoms with Gasteiger partial charge in [-0.3, -0.25) is 0 Å². The van der Waals surface area contributed by atoms with E-state index in [0.29, 0.717) is 29.8 Å². The van der Waals surface area contributed by atoms with Crippen LogP contribution >= 0.6 is 0 Å². The van der Waals surface area contributed by atoms with Crippen LogP contribution in [0.15, 0.2) is 47.6 Å². The topological polar surface area (TPSA) is 35.5 Å². The van der Waals surface area contributed by atoms with Gasteiger partial charge in [-0.15, -0.1) is 0 Å². The van der Waals surface area contributed by atoms with Crippen molar-refractivity contribution in [1.29, 1.82) is 0 Å². The van der Waals surface area contributed by atoms with Gasteiger partial charge in [-0.05, 0) is 112 Å². The van der Waals surface area contributed by atoms with Crippen LogP contribution in [0.3, 0.4) is 0 Å². The molecule has 0 N–H and O–H groups in total. The van der Waals surface area contributed by atoms with E-state index in [1.807, 2.05) is 20.8 Å². The molecule has 3 saturated carbocycles. The second kappa shape index (κ2) is 10.1. The lowest BCUT2D eigenvalue weighted by Gasteiger charge is -2.44. The van der Waals surface area contributed by atoms with Gasteiger partial charge in [-0.25, -0.2) is 4.79 Å². The van der Waals surface area contributed by atoms with Crippen LogP contribution in [0.25, 0.3) is 0 Å². The van der Waals surface area contributed by atoms with E-state index in [4.69, 9.17) is 9.47 Å². The molecule has 0 aromatic carbocycles. The largest absolute Gasteiger partial charge is 0.458 e. The third kappa shape index (κ3) is 5.84. The van der Waals surface area contributed by atoms with Gasteiger partial charge < -0.3 is 9.47 Å². The normalized spacial score (nSPS) is 32.3. The molecule has 3 aliphatic rings. The Kier molecular flexibility index (Phi) is 7.91. The molecule has 178 valence electrons. The minimum atomic E-state index is -0.463. The number of ether oxygens (including phenoxy) is 2. The zero-order chi connectivity index (χ0) is 23.5. The van der Waals surface area contributed by atoms with Crippen molar-refractivity contribution in [1.82, 2.24) is 0 Å². The van der Waals surface area contributed by atoms with E-state index >= 15 is 0 Å². The summed E-state index contributed by atoms with van der Waals surface area (Å²) < 4.78 is 11.2. The average molecular weight is 441 g/mol. The van der Waals surface area contributed by atoms with Gasteiger partial charge in [0.2, 0.25) is 0 Å². The molecule has 3 nitrogen and oxygen atoms in total. The minimum Gasteiger partial charge on any atom is -0.458 e. The Morgan fingerprint density at radius 1 is 1.16 bits per heavy atom. The molecule has 3 rings (SSSR count). The second-order valence-electron chi connectivity index (χ2n) is 11.5. The Morgan fingerprint density at radius 3 is 2.62 bits per heavy atom. The molecule has 4 atom stereocenters. The van der Waals surface area contributed by atoms with Crippen LogP contribution < -0.4 is 0 Å². The Labute approximate surface area is 196 Å². The van der Waals surface area contributed by atoms with Gasteiger partial charge in [0.25, 0.3) is 0 Å². The van der Waals surface area contributed by atoms with Crippen molar-refractivity contribution >= 4 is 5.97 Å². The van der Waals surface area contributed by atoms with Crippen LogP contribution in [0, 0.1) is 23.2 Å². The summed E-state index contributed by atoms with van der Waals surface area (Å²) in [5.41, 5.74) is 5.22. The first-order chi connectivity index (χ1) is 15.0. The van der Waals surface area contributed by atoms with Crippen molar-refractivity contribution < 1.29 is 14.3 Å². The van der Waals surface area contributed by atoms with Crippen LogP contribution in [0.4, 0.5) is 0 Å². The standard InChI is InChI=1S/C29H44O3/c1-20-10-8-11-23(22(20)3)13-14-24-12-9-17-29(7)25(15-16-26(24)29)21(2)18-31-19-27(30)32-28(4,5)6/h13-14,21,25-26H,1,3,8-12,15-19H2,2,4-7H3/t21-,25-,26+,29-/m1/s1. The number of rotatable bonds is 6. The maximum Gasteiger partial charge on any atom is 0.332 e. The number of carbonyl (C=O) groups is 1. The SMILES string of the molecule is C=C1CCCC(=CC=C2CCC[C@]3(C)[C@@H]([C@H](C)COCC(=O)OC(C)(C)C)CC[C@@H]23)C1=C. The number of fused-ring (bicyclic) bond motifs is 1. The lowest BCUT2D eigenvalue weighted by atomic mass is 9.61. The Morgan fingerprint density at radius 2 is 1.91 bits per heavy atom. The predicted molar refractivity (Wildman–Crippen MR) is 132 cm³/mol. The fourth-order valence-corrected chi connectivity index (χ4v) is 6.44. The number of carbonyl (C=O) groups excluding carboxylic acids is 1. The van der Waals surface area contributed by atoms with Gasteiger partial charge in [0.05, 0.1) is 6.61 Å². The van der Waals surface area contributed by atoms with E-state index in [1.54, 1.807) is 5.57 Å². The summed E-state index contributed by atoms with van der Waals surface area (Å²) in [6.45, 7) is 19.6. The number of hydrogen-bond donors (Lipinski definition) is 0. The zero-order valence-corrected chi connectivity index (χ0v) is 21.1. The van der Waals surface area contributed by atoms with Crippen molar-refractivity contribution in [2.24, 2.45) is 23.2 Å². The summed E-state index contributed by atoms with van der Waals surface area (Å²) in [6.07, 6.45) is 14.4. The van der Waals surface area contributed by atoms with Gasteiger partial charge in [0, 0.05) is 0 Å². The third-order valence-corrected chi connectivity index (χ3v) is 7.98. The Bertz CT molecular complexity index is 794. The molecule has 32 heavy (non-hydrogen) atoms. The molecule has 3 heteroatoms. The summed E-state index contributed by atoms with van der Waals surface area (Å²) in [5, 5.41) is 0. The maximum atomic E-state index is 12.0. The molecule has 0 heterocycles. The van der Waals surface area contributed by atoms with E-state index in [2.05, 4.69) is 39.2 Å². The summed E-state index contributed by atoms with van der Waals surface area (Å²) >= 11 is 0. The molecule has 0 aromatic rings. The molecule has 0 bridgehead atoms. The van der Waals surface area contributed by atoms with E-state index in [0.717, 1.165) is 18.4 Å². The molecule has 0 aromatic heterocycles. The molecule has 0 saturated heterocycles. The van der Waals surface area contributed by atoms with Crippen molar-refractivity contribution in [3.05, 3.63) is 47.6 Å². The first kappa shape index (κ1) is 25.0. The van der Waals surface area contributed by atoms with E-state index in [1.165, 1.54) is 49.7 Å². The highest BCUT2D eigenvalue weighted by Gasteiger charge is 2.50. The van der Waals surface area contributed by atoms with Crippen LogP contribution in [0.1, 0.15) is 86.0 Å². The highest BCUT2D eigenvalue weighted by molar-refractivity contribution is 5.71. The molecular weight excluding hydrogens is 396 g/mol. The average Bonchev–Trinajstić information content (AvgIpc) is 3.05. The second-order valence-corrected chi connectivity index (χ2v) is 11.5. The minimum absolute atomic E-state index is 0.0440. The fourth-order valence-electron chi connectivity index (χ4n) is 6.44. The van der Waals surface area contributed by atoms with E-state index in [-0.39, 0.29) is 12.6 Å². The van der Waals surface area contributed by atoms with Crippen molar-refractivity contribution in [3.63, 3.8) is 0 Å². The summed E-state index contributed by atoms with van der Waals surface area (Å²) in [6, 6.07) is 0.